The molecule has 0 saturated carbocycles. The number of fused-ring (bicyclic) bond motifs is 4. The minimum Gasteiger partial charge on any atom is -0.492 e. The van der Waals surface area contributed by atoms with Crippen LogP contribution in [0, 0.1) is 23.7 Å². The van der Waals surface area contributed by atoms with Crippen LogP contribution in [0.3, 0.4) is 0 Å². The SMILES string of the molecule is CC(=O)Cl.CC(=O)NCCOc1ccc(C[C@H](NC(=O)O[C@@H]2CO[C@H]3OCC[C@H]32)[C@H](O)CN(CC(C)C)S(=O)(=O)c2ccc3c(c2)OCO3)cc1.CC(C)CN(C[C@@H](O)[C@H](Cc1ccc(OCCN)cc1)NC(=O)O[C@@H]1CO[C@H]2OCC[C@H]21)S(=O)(=O)c1ccc2c(c1)OCO2. The van der Waals surface area contributed by atoms with Crippen LogP contribution in [0.2, 0.25) is 0 Å². The van der Waals surface area contributed by atoms with Gasteiger partial charge in [-0.1, -0.05) is 52.0 Å². The second-order valence-electron chi connectivity index (χ2n) is 24.2. The van der Waals surface area contributed by atoms with E-state index >= 15 is 0 Å². The fourth-order valence-electron chi connectivity index (χ4n) is 11.2. The van der Waals surface area contributed by atoms with Gasteiger partial charge in [-0.15, -0.1) is 0 Å². The van der Waals surface area contributed by atoms with Crippen LogP contribution >= 0.6 is 11.6 Å². The standard InChI is InChI=1S/C32H43N3O11S.C30H41N3O10S.C2H3ClO/c1-20(2)16-35(47(39,40)24-8-9-28-29(15-24)45-19-44-28)17-27(37)26(34-32(38)46-30-18-43-31-25(30)10-12-42-31)14-22-4-6-23(7-5-22)41-13-11-33-21(3)36;1-19(2)15-33(44(36,37)22-7-8-26-27(14-22)42-18-41-26)16-25(34)24(13-20-3-5-21(6-4-20)38-12-10-31)32-30(35)43-28-17-40-29-23(28)9-11-39-29;1-2(3)4/h4-9,15,20,25-27,30-31,37H,10-14,16-19H2,1-3H3,(H,33,36)(H,34,38);3-8,14,19,23-25,28-29,34H,9-13,15-18,31H2,1-2H3,(H,32,35);1H3/t25-,26-,27+,30+,31+;23-,24-,25+,28+,29+;/m00./s1. The van der Waals surface area contributed by atoms with Crippen LogP contribution in [0.15, 0.2) is 94.7 Å². The highest BCUT2D eigenvalue weighted by atomic mass is 35.5. The monoisotopic (exact) mass is 1390 g/mol. The van der Waals surface area contributed by atoms with Gasteiger partial charge in [-0.3, -0.25) is 9.59 Å². The molecule has 6 aliphatic heterocycles. The number of nitrogens with two attached hydrogens (primary N) is 1. The number of aliphatic hydroxyl groups is 2. The average molecular weight is 1390 g/mol. The summed E-state index contributed by atoms with van der Waals surface area (Å²) in [6.07, 6.45) is -4.08. The predicted octanol–water partition coefficient (Wildman–Crippen LogP) is 4.67. The molecule has 28 nitrogen and oxygen atoms in total. The molecule has 3 amide bonds. The molecule has 0 aliphatic carbocycles. The molecule has 0 spiro atoms. The Balaban J connectivity index is 0.000000231. The summed E-state index contributed by atoms with van der Waals surface area (Å²) in [7, 11) is -8.13. The van der Waals surface area contributed by atoms with E-state index in [-0.39, 0.29) is 123 Å². The van der Waals surface area contributed by atoms with Crippen LogP contribution in [0.5, 0.6) is 34.5 Å². The van der Waals surface area contributed by atoms with Crippen LogP contribution in [0.1, 0.15) is 65.5 Å². The first-order valence-electron chi connectivity index (χ1n) is 31.5. The first-order chi connectivity index (χ1) is 45.4. The van der Waals surface area contributed by atoms with Crippen molar-refractivity contribution < 1.29 is 103 Å². The summed E-state index contributed by atoms with van der Waals surface area (Å²) in [6, 6.07) is 21.3. The van der Waals surface area contributed by atoms with Crippen LogP contribution in [-0.2, 0) is 70.9 Å². The van der Waals surface area contributed by atoms with E-state index in [4.69, 9.17) is 62.6 Å². The first-order valence-corrected chi connectivity index (χ1v) is 34.7. The van der Waals surface area contributed by atoms with E-state index in [2.05, 4.69) is 27.6 Å². The third-order valence-electron chi connectivity index (χ3n) is 15.8. The lowest BCUT2D eigenvalue weighted by Gasteiger charge is -2.31. The van der Waals surface area contributed by atoms with Gasteiger partial charge in [-0.2, -0.15) is 8.61 Å². The largest absolute Gasteiger partial charge is 0.492 e. The number of rotatable bonds is 29. The quantitative estimate of drug-likeness (QED) is 0.0318. The normalized spacial score (nSPS) is 21.1. The zero-order valence-electron chi connectivity index (χ0n) is 54.0. The van der Waals surface area contributed by atoms with Crippen molar-refractivity contribution in [3.8, 4) is 34.5 Å². The summed E-state index contributed by atoms with van der Waals surface area (Å²) in [6.45, 7) is 12.8. The number of hydrogen-bond acceptors (Lipinski definition) is 23. The highest BCUT2D eigenvalue weighted by molar-refractivity contribution is 7.89. The maximum Gasteiger partial charge on any atom is 0.407 e. The fraction of sp³-hybridized carbons (Fsp3) is 0.562. The topological polar surface area (TPSA) is 356 Å². The Bertz CT molecular complexity index is 3410. The summed E-state index contributed by atoms with van der Waals surface area (Å²) in [4.78, 5) is 46.6. The van der Waals surface area contributed by atoms with E-state index in [9.17, 15) is 46.2 Å². The van der Waals surface area contributed by atoms with Gasteiger partial charge in [0.05, 0.1) is 78.9 Å². The second-order valence-corrected chi connectivity index (χ2v) is 28.6. The Morgan fingerprint density at radius 1 is 0.589 bits per heavy atom. The van der Waals surface area contributed by atoms with E-state index in [0.717, 1.165) is 17.5 Å². The summed E-state index contributed by atoms with van der Waals surface area (Å²) in [5.41, 5.74) is 7.07. The van der Waals surface area contributed by atoms with Gasteiger partial charge >= 0.3 is 12.2 Å². The number of alkyl carbamates (subject to hydrolysis) is 2. The molecule has 0 radical (unpaired) electrons. The molecule has 31 heteroatoms. The number of aliphatic hydroxyl groups excluding tert-OH is 2. The number of sulfonamides is 2. The highest BCUT2D eigenvalue weighted by Crippen LogP contribution is 2.38. The second kappa shape index (κ2) is 34.9. The molecule has 4 fully saturated rings. The van der Waals surface area contributed by atoms with Crippen molar-refractivity contribution in [3.05, 3.63) is 96.1 Å². The molecule has 0 unspecified atom stereocenters. The number of ether oxygens (including phenoxy) is 12. The van der Waals surface area contributed by atoms with Gasteiger partial charge in [0.25, 0.3) is 0 Å². The zero-order chi connectivity index (χ0) is 68.4. The van der Waals surface area contributed by atoms with Crippen molar-refractivity contribution in [1.82, 2.24) is 24.6 Å². The Morgan fingerprint density at radius 2 is 0.989 bits per heavy atom. The summed E-state index contributed by atoms with van der Waals surface area (Å²) >= 11 is 4.64. The van der Waals surface area contributed by atoms with Crippen molar-refractivity contribution in [2.24, 2.45) is 29.4 Å². The van der Waals surface area contributed by atoms with Gasteiger partial charge in [0.2, 0.25) is 44.8 Å². The Labute approximate surface area is 558 Å². The molecule has 95 heavy (non-hydrogen) atoms. The Hall–Kier alpha value is -6.81. The van der Waals surface area contributed by atoms with Gasteiger partial charge < -0.3 is 88.7 Å². The molecule has 7 N–H and O–H groups in total. The molecule has 4 saturated heterocycles. The molecule has 4 aromatic rings. The molecule has 10 atom stereocenters. The number of carbonyl (C=O) groups excluding carboxylic acids is 4. The minimum atomic E-state index is -4.08. The number of hydrogen-bond donors (Lipinski definition) is 6. The number of halogens is 1. The lowest BCUT2D eigenvalue weighted by Crippen LogP contribution is -2.51. The van der Waals surface area contributed by atoms with Crippen molar-refractivity contribution in [2.45, 2.75) is 126 Å². The van der Waals surface area contributed by atoms with Crippen LogP contribution in [-0.4, -0.2) is 201 Å². The summed E-state index contributed by atoms with van der Waals surface area (Å²) in [5, 5.41) is 31.0. The third-order valence-corrected chi connectivity index (χ3v) is 19.4. The van der Waals surface area contributed by atoms with Crippen LogP contribution in [0.4, 0.5) is 9.59 Å². The summed E-state index contributed by atoms with van der Waals surface area (Å²) < 4.78 is 124. The van der Waals surface area contributed by atoms with Crippen molar-refractivity contribution in [2.75, 3.05) is 92.5 Å². The van der Waals surface area contributed by atoms with Crippen molar-refractivity contribution in [3.63, 3.8) is 0 Å². The molecule has 4 aromatic carbocycles. The molecule has 0 bridgehead atoms. The number of carbonyl (C=O) groups is 4. The van der Waals surface area contributed by atoms with E-state index in [1.165, 1.54) is 46.7 Å². The molecule has 10 rings (SSSR count). The van der Waals surface area contributed by atoms with E-state index in [1.54, 1.807) is 48.5 Å². The van der Waals surface area contributed by atoms with E-state index in [0.29, 0.717) is 73.8 Å². The maximum atomic E-state index is 13.9. The van der Waals surface area contributed by atoms with E-state index < -0.39 is 75.0 Å². The molecular formula is C64H87ClN6O22S2. The lowest BCUT2D eigenvalue weighted by molar-refractivity contribution is -0.119. The average Bonchev–Trinajstić information content (AvgIpc) is 1.80. The highest BCUT2D eigenvalue weighted by Gasteiger charge is 2.46. The lowest BCUT2D eigenvalue weighted by atomic mass is 10.0. The molecule has 6 heterocycles. The van der Waals surface area contributed by atoms with Crippen molar-refractivity contribution >= 4 is 55.0 Å². The van der Waals surface area contributed by atoms with Gasteiger partial charge in [0.1, 0.15) is 36.9 Å². The number of amides is 3. The van der Waals surface area contributed by atoms with Crippen molar-refractivity contribution in [1.29, 1.82) is 0 Å². The van der Waals surface area contributed by atoms with E-state index in [1.807, 2.05) is 39.8 Å². The smallest absolute Gasteiger partial charge is 0.407 e. The maximum absolute atomic E-state index is 13.9. The molecule has 6 aliphatic rings. The summed E-state index contributed by atoms with van der Waals surface area (Å²) in [5.74, 6) is 2.40. The fourth-order valence-corrected chi connectivity index (χ4v) is 14.5. The van der Waals surface area contributed by atoms with Crippen LogP contribution < -0.4 is 50.1 Å². The molecule has 0 aromatic heterocycles. The van der Waals surface area contributed by atoms with Crippen LogP contribution in [0.25, 0.3) is 0 Å². The number of nitrogens with one attached hydrogen (secondary N) is 3. The van der Waals surface area contributed by atoms with Gasteiger partial charge in [-0.05, 0) is 109 Å². The third kappa shape index (κ3) is 21.3. The first kappa shape index (κ1) is 74.0. The molecule has 524 valence electrons. The molecular weight excluding hydrogens is 1300 g/mol. The number of benzene rings is 4. The van der Waals surface area contributed by atoms with Gasteiger partial charge in [0.15, 0.2) is 35.6 Å². The Kier molecular flexibility index (Phi) is 27.2. The zero-order valence-corrected chi connectivity index (χ0v) is 56.4. The Morgan fingerprint density at radius 3 is 1.38 bits per heavy atom. The van der Waals surface area contributed by atoms with Gasteiger partial charge in [-0.25, -0.2) is 26.4 Å². The minimum absolute atomic E-state index is 0.00202. The number of nitrogens with zero attached hydrogens (tertiary/aromatic N) is 2. The van der Waals surface area contributed by atoms with Gasteiger partial charge in [0, 0.05) is 58.7 Å². The predicted molar refractivity (Wildman–Crippen MR) is 342 cm³/mol.